The van der Waals surface area contributed by atoms with Crippen LogP contribution in [0.2, 0.25) is 0 Å². The van der Waals surface area contributed by atoms with Crippen LogP contribution in [0, 0.1) is 52.3 Å². The SMILES string of the molecule is CC.CC(C)CCC[C@@H](C)[C@H]1CC[C@H]2[C@@H]3CC=C4C[C@@H](C5=CC=C5)CC[C@]4(C)[C@H]3CC[C@]12C.CCCC. The van der Waals surface area contributed by atoms with Crippen LogP contribution in [0.15, 0.2) is 35.5 Å². The van der Waals surface area contributed by atoms with E-state index in [0.29, 0.717) is 10.8 Å². The van der Waals surface area contributed by atoms with Gasteiger partial charge in [-0.2, -0.15) is 0 Å². The number of unbranched alkanes of at least 4 members (excludes halogenated alkanes) is 1. The van der Waals surface area contributed by atoms with Crippen molar-refractivity contribution in [3.05, 3.63) is 35.5 Å². The summed E-state index contributed by atoms with van der Waals surface area (Å²) in [5.41, 5.74) is 4.62. The van der Waals surface area contributed by atoms with Gasteiger partial charge in [-0.15, -0.1) is 0 Å². The van der Waals surface area contributed by atoms with Gasteiger partial charge in [0.1, 0.15) is 0 Å². The monoisotopic (exact) mass is 509 g/mol. The first-order valence-electron chi connectivity index (χ1n) is 16.8. The van der Waals surface area contributed by atoms with Crippen molar-refractivity contribution in [2.45, 2.75) is 146 Å². The summed E-state index contributed by atoms with van der Waals surface area (Å²) >= 11 is 0. The van der Waals surface area contributed by atoms with E-state index in [4.69, 9.17) is 0 Å². The lowest BCUT2D eigenvalue weighted by Crippen LogP contribution is -2.50. The molecule has 212 valence electrons. The lowest BCUT2D eigenvalue weighted by Gasteiger charge is -2.58. The summed E-state index contributed by atoms with van der Waals surface area (Å²) in [6.45, 7) is 21.2. The lowest BCUT2D eigenvalue weighted by atomic mass is 9.46. The van der Waals surface area contributed by atoms with E-state index >= 15 is 0 Å². The molecule has 5 rings (SSSR count). The van der Waals surface area contributed by atoms with Crippen LogP contribution in [0.1, 0.15) is 146 Å². The van der Waals surface area contributed by atoms with Crippen LogP contribution >= 0.6 is 0 Å². The molecule has 0 radical (unpaired) electrons. The van der Waals surface area contributed by atoms with E-state index < -0.39 is 0 Å². The zero-order chi connectivity index (χ0) is 27.2. The molecule has 37 heavy (non-hydrogen) atoms. The maximum atomic E-state index is 2.77. The molecule has 5 aliphatic rings. The van der Waals surface area contributed by atoms with Crippen molar-refractivity contribution in [3.63, 3.8) is 0 Å². The molecule has 0 aromatic heterocycles. The number of rotatable bonds is 7. The average Bonchev–Trinajstić information content (AvgIpc) is 3.21. The maximum absolute atomic E-state index is 2.77. The van der Waals surface area contributed by atoms with Gasteiger partial charge in [-0.1, -0.05) is 124 Å². The van der Waals surface area contributed by atoms with Gasteiger partial charge in [0.05, 0.1) is 0 Å². The van der Waals surface area contributed by atoms with Gasteiger partial charge in [0.15, 0.2) is 0 Å². The van der Waals surface area contributed by atoms with Gasteiger partial charge >= 0.3 is 0 Å². The normalized spacial score (nSPS) is 38.4. The third-order valence-electron chi connectivity index (χ3n) is 11.9. The van der Waals surface area contributed by atoms with Crippen molar-refractivity contribution in [3.8, 4) is 0 Å². The molecule has 3 saturated carbocycles. The van der Waals surface area contributed by atoms with Crippen molar-refractivity contribution in [1.29, 1.82) is 0 Å². The Bertz CT molecular complexity index is 793. The predicted molar refractivity (Wildman–Crippen MR) is 166 cm³/mol. The molecule has 5 aliphatic carbocycles. The number of hydrogen-bond donors (Lipinski definition) is 0. The summed E-state index contributed by atoms with van der Waals surface area (Å²) in [5.74, 6) is 6.52. The van der Waals surface area contributed by atoms with E-state index in [1.54, 1.807) is 5.57 Å². The summed E-state index contributed by atoms with van der Waals surface area (Å²) < 4.78 is 0. The highest BCUT2D eigenvalue weighted by Crippen LogP contribution is 2.67. The molecule has 8 atom stereocenters. The van der Waals surface area contributed by atoms with E-state index in [2.05, 4.69) is 72.8 Å². The fourth-order valence-electron chi connectivity index (χ4n) is 9.45. The molecule has 0 N–H and O–H groups in total. The Morgan fingerprint density at radius 1 is 0.892 bits per heavy atom. The van der Waals surface area contributed by atoms with Crippen molar-refractivity contribution < 1.29 is 0 Å². The summed E-state index contributed by atoms with van der Waals surface area (Å²) in [6.07, 6.45) is 28.4. The van der Waals surface area contributed by atoms with Gasteiger partial charge in [0.25, 0.3) is 0 Å². The van der Waals surface area contributed by atoms with E-state index in [1.165, 1.54) is 83.5 Å². The number of fused-ring (bicyclic) bond motifs is 5. The molecule has 0 unspecified atom stereocenters. The standard InChI is InChI=1S/C31H48.C4H10.C2H6/c1-21(2)8-6-9-22(3)27-14-15-28-26-13-12-25-20-24(23-10-7-11-23)16-18-30(25,4)29(26)17-19-31(27,28)5;1-3-4-2;1-2/h7,10-12,21-22,24,26-29H,6,8-9,13-20H2,1-5H3;3-4H2,1-2H3;1-2H3/t22-,24+,26+,27-,28+,29+,30+,31-;;/m1../s1. The zero-order valence-corrected chi connectivity index (χ0v) is 26.5. The molecule has 0 nitrogen and oxygen atoms in total. The van der Waals surface area contributed by atoms with Crippen molar-refractivity contribution in [1.82, 2.24) is 0 Å². The van der Waals surface area contributed by atoms with Crippen LogP contribution in [-0.2, 0) is 0 Å². The molecular formula is C37H64. The van der Waals surface area contributed by atoms with Crippen LogP contribution in [0.5, 0.6) is 0 Å². The minimum absolute atomic E-state index is 0.510. The zero-order valence-electron chi connectivity index (χ0n) is 26.5. The smallest absolute Gasteiger partial charge is 0.00848 e. The highest BCUT2D eigenvalue weighted by atomic mass is 14.6. The molecule has 0 spiro atoms. The topological polar surface area (TPSA) is 0 Å². The fourth-order valence-corrected chi connectivity index (χ4v) is 9.45. The van der Waals surface area contributed by atoms with Crippen LogP contribution in [0.25, 0.3) is 0 Å². The van der Waals surface area contributed by atoms with Gasteiger partial charge in [-0.25, -0.2) is 0 Å². The summed E-state index contributed by atoms with van der Waals surface area (Å²) in [4.78, 5) is 0. The maximum Gasteiger partial charge on any atom is -0.00848 e. The molecule has 0 amide bonds. The Morgan fingerprint density at radius 2 is 1.59 bits per heavy atom. The molecule has 0 aromatic rings. The summed E-state index contributed by atoms with van der Waals surface area (Å²) in [7, 11) is 0. The number of allylic oxidation sites excluding steroid dienone is 6. The van der Waals surface area contributed by atoms with Gasteiger partial charge in [0, 0.05) is 0 Å². The molecule has 0 saturated heterocycles. The van der Waals surface area contributed by atoms with Crippen molar-refractivity contribution >= 4 is 0 Å². The second-order valence-electron chi connectivity index (χ2n) is 14.3. The highest BCUT2D eigenvalue weighted by Gasteiger charge is 2.59. The van der Waals surface area contributed by atoms with Crippen LogP contribution in [0.4, 0.5) is 0 Å². The second kappa shape index (κ2) is 13.5. The summed E-state index contributed by atoms with van der Waals surface area (Å²) in [5, 5.41) is 0. The van der Waals surface area contributed by atoms with Crippen LogP contribution in [0.3, 0.4) is 0 Å². The Hall–Kier alpha value is -0.780. The molecule has 0 bridgehead atoms. The Morgan fingerprint density at radius 3 is 2.19 bits per heavy atom. The fraction of sp³-hybridized carbons (Fsp3) is 0.838. The van der Waals surface area contributed by atoms with Gasteiger partial charge in [0.2, 0.25) is 0 Å². The van der Waals surface area contributed by atoms with Crippen molar-refractivity contribution in [2.24, 2.45) is 52.3 Å². The van der Waals surface area contributed by atoms with Crippen LogP contribution < -0.4 is 0 Å². The number of hydrogen-bond acceptors (Lipinski definition) is 0. The Balaban J connectivity index is 0.000000580. The van der Waals surface area contributed by atoms with E-state index in [9.17, 15) is 0 Å². The van der Waals surface area contributed by atoms with Crippen LogP contribution in [-0.4, -0.2) is 0 Å². The summed E-state index contributed by atoms with van der Waals surface area (Å²) in [6, 6.07) is 0. The van der Waals surface area contributed by atoms with E-state index in [0.717, 1.165) is 41.4 Å². The second-order valence-corrected chi connectivity index (χ2v) is 14.3. The molecule has 0 heteroatoms. The quantitative estimate of drug-likeness (QED) is 0.300. The predicted octanol–water partition coefficient (Wildman–Crippen LogP) is 12.0. The van der Waals surface area contributed by atoms with E-state index in [-0.39, 0.29) is 0 Å². The third kappa shape index (κ3) is 6.35. The molecule has 0 heterocycles. The largest absolute Gasteiger partial charge is 0.0845 e. The first-order valence-corrected chi connectivity index (χ1v) is 16.8. The molecular weight excluding hydrogens is 444 g/mol. The van der Waals surface area contributed by atoms with Gasteiger partial charge in [-0.05, 0) is 109 Å². The first kappa shape index (κ1) is 30.8. The van der Waals surface area contributed by atoms with E-state index in [1.807, 2.05) is 19.4 Å². The Labute approximate surface area is 233 Å². The lowest BCUT2D eigenvalue weighted by molar-refractivity contribution is -0.0518. The Kier molecular flexibility index (Phi) is 11.2. The van der Waals surface area contributed by atoms with Gasteiger partial charge in [-0.3, -0.25) is 0 Å². The van der Waals surface area contributed by atoms with Crippen molar-refractivity contribution in [2.75, 3.05) is 0 Å². The minimum Gasteiger partial charge on any atom is -0.0845 e. The molecule has 3 fully saturated rings. The highest BCUT2D eigenvalue weighted by molar-refractivity contribution is 5.39. The average molecular weight is 509 g/mol. The third-order valence-corrected chi connectivity index (χ3v) is 11.9. The minimum atomic E-state index is 0.510. The molecule has 0 aliphatic heterocycles. The van der Waals surface area contributed by atoms with Gasteiger partial charge < -0.3 is 0 Å². The first-order chi connectivity index (χ1) is 17.7. The molecule has 0 aromatic carbocycles.